The second kappa shape index (κ2) is 7.07. The fraction of sp³-hybridized carbons (Fsp3) is 0.0714. The number of primary sulfonamides is 1. The van der Waals surface area contributed by atoms with Crippen LogP contribution < -0.4 is 5.14 Å². The number of carbonyl (C=O) groups is 1. The number of ether oxygens (including phenoxy) is 1. The summed E-state index contributed by atoms with van der Waals surface area (Å²) in [5, 5.41) is 5.76. The van der Waals surface area contributed by atoms with E-state index in [2.05, 4.69) is 0 Å². The average Bonchev–Trinajstić information content (AvgIpc) is 2.45. The minimum Gasteiger partial charge on any atom is -0.457 e. The zero-order valence-electron chi connectivity index (χ0n) is 11.4. The number of sulfonamides is 1. The predicted octanol–water partition coefficient (Wildman–Crippen LogP) is 3.65. The van der Waals surface area contributed by atoms with Gasteiger partial charge in [0.05, 0.1) is 10.6 Å². The topological polar surface area (TPSA) is 86.5 Å². The maximum atomic E-state index is 12.0. The fourth-order valence-corrected chi connectivity index (χ4v) is 3.25. The van der Waals surface area contributed by atoms with E-state index >= 15 is 0 Å². The lowest BCUT2D eigenvalue weighted by Crippen LogP contribution is -2.14. The third-order valence-corrected chi connectivity index (χ3v) is 4.83. The molecule has 0 aliphatic carbocycles. The molecular formula is C14H10Cl3NO4S. The highest BCUT2D eigenvalue weighted by Gasteiger charge is 2.17. The molecule has 0 heterocycles. The molecule has 0 saturated heterocycles. The molecule has 122 valence electrons. The molecule has 0 aliphatic heterocycles. The Balaban J connectivity index is 2.18. The van der Waals surface area contributed by atoms with E-state index in [1.54, 1.807) is 12.1 Å². The summed E-state index contributed by atoms with van der Waals surface area (Å²) in [6, 6.07) is 8.40. The summed E-state index contributed by atoms with van der Waals surface area (Å²) in [6.07, 6.45) is 0. The van der Waals surface area contributed by atoms with Crippen LogP contribution in [0.15, 0.2) is 41.3 Å². The van der Waals surface area contributed by atoms with Gasteiger partial charge in [-0.1, -0.05) is 40.9 Å². The summed E-state index contributed by atoms with van der Waals surface area (Å²) in [6.45, 7) is -0.0951. The lowest BCUT2D eigenvalue weighted by molar-refractivity contribution is 0.0472. The number of carbonyl (C=O) groups excluding carboxylic acids is 1. The molecule has 0 atom stereocenters. The third kappa shape index (κ3) is 4.59. The SMILES string of the molecule is NS(=O)(=O)c1cc(C(=O)OCc2ccc(Cl)cc2Cl)ccc1Cl. The predicted molar refractivity (Wildman–Crippen MR) is 88.4 cm³/mol. The van der Waals surface area contributed by atoms with E-state index in [0.717, 1.165) is 6.07 Å². The highest BCUT2D eigenvalue weighted by Crippen LogP contribution is 2.24. The molecule has 2 aromatic carbocycles. The number of hydrogen-bond donors (Lipinski definition) is 1. The van der Waals surface area contributed by atoms with Gasteiger partial charge < -0.3 is 4.74 Å². The van der Waals surface area contributed by atoms with Crippen molar-refractivity contribution in [3.05, 3.63) is 62.6 Å². The molecule has 0 aliphatic rings. The number of esters is 1. The van der Waals surface area contributed by atoms with Gasteiger partial charge in [0.1, 0.15) is 11.5 Å². The van der Waals surface area contributed by atoms with E-state index in [1.165, 1.54) is 18.2 Å². The van der Waals surface area contributed by atoms with Gasteiger partial charge in [-0.05, 0) is 30.3 Å². The Bertz CT molecular complexity index is 868. The van der Waals surface area contributed by atoms with Crippen LogP contribution in [0.3, 0.4) is 0 Å². The largest absolute Gasteiger partial charge is 0.457 e. The zero-order chi connectivity index (χ0) is 17.2. The summed E-state index contributed by atoms with van der Waals surface area (Å²) < 4.78 is 27.9. The third-order valence-electron chi connectivity index (χ3n) is 2.85. The van der Waals surface area contributed by atoms with E-state index < -0.39 is 16.0 Å². The van der Waals surface area contributed by atoms with Crippen molar-refractivity contribution in [2.45, 2.75) is 11.5 Å². The number of hydrogen-bond acceptors (Lipinski definition) is 4. The van der Waals surface area contributed by atoms with E-state index in [1.807, 2.05) is 0 Å². The van der Waals surface area contributed by atoms with Crippen molar-refractivity contribution in [2.24, 2.45) is 5.14 Å². The van der Waals surface area contributed by atoms with E-state index in [4.69, 9.17) is 44.7 Å². The molecular weight excluding hydrogens is 385 g/mol. The lowest BCUT2D eigenvalue weighted by atomic mass is 10.2. The van der Waals surface area contributed by atoms with Crippen LogP contribution in [0.1, 0.15) is 15.9 Å². The van der Waals surface area contributed by atoms with Crippen LogP contribution in [0.4, 0.5) is 0 Å². The second-order valence-corrected chi connectivity index (χ2v) is 7.28. The lowest BCUT2D eigenvalue weighted by Gasteiger charge is -2.08. The van der Waals surface area contributed by atoms with Gasteiger partial charge in [-0.3, -0.25) is 0 Å². The number of nitrogens with two attached hydrogens (primary N) is 1. The number of halogens is 3. The van der Waals surface area contributed by atoms with Crippen LogP contribution in [0.5, 0.6) is 0 Å². The summed E-state index contributed by atoms with van der Waals surface area (Å²) in [5.41, 5.74) is 0.563. The minimum absolute atomic E-state index is 0.00325. The van der Waals surface area contributed by atoms with Crippen LogP contribution in [-0.2, 0) is 21.4 Å². The molecule has 2 aromatic rings. The number of benzene rings is 2. The maximum Gasteiger partial charge on any atom is 0.338 e. The molecule has 5 nitrogen and oxygen atoms in total. The Hall–Kier alpha value is -1.31. The first-order chi connectivity index (χ1) is 10.7. The summed E-state index contributed by atoms with van der Waals surface area (Å²) in [5.74, 6) is -0.738. The normalized spacial score (nSPS) is 11.3. The fourth-order valence-electron chi connectivity index (χ4n) is 1.71. The van der Waals surface area contributed by atoms with Crippen molar-refractivity contribution in [1.82, 2.24) is 0 Å². The molecule has 0 amide bonds. The van der Waals surface area contributed by atoms with Crippen molar-refractivity contribution < 1.29 is 17.9 Å². The van der Waals surface area contributed by atoms with Crippen LogP contribution in [-0.4, -0.2) is 14.4 Å². The molecule has 0 spiro atoms. The monoisotopic (exact) mass is 393 g/mol. The summed E-state index contributed by atoms with van der Waals surface area (Å²) in [4.78, 5) is 11.7. The Morgan fingerprint density at radius 2 is 1.74 bits per heavy atom. The van der Waals surface area contributed by atoms with E-state index in [9.17, 15) is 13.2 Å². The highest BCUT2D eigenvalue weighted by molar-refractivity contribution is 7.89. The summed E-state index contributed by atoms with van der Waals surface area (Å²) >= 11 is 17.5. The number of rotatable bonds is 4. The van der Waals surface area contributed by atoms with E-state index in [0.29, 0.717) is 15.6 Å². The second-order valence-electron chi connectivity index (χ2n) is 4.50. The molecule has 9 heteroatoms. The maximum absolute atomic E-state index is 12.0. The highest BCUT2D eigenvalue weighted by atomic mass is 35.5. The van der Waals surface area contributed by atoms with Crippen LogP contribution in [0.2, 0.25) is 15.1 Å². The molecule has 0 aromatic heterocycles. The molecule has 0 fully saturated rings. The average molecular weight is 395 g/mol. The van der Waals surface area contributed by atoms with Gasteiger partial charge in [0.15, 0.2) is 0 Å². The molecule has 0 bridgehead atoms. The summed E-state index contributed by atoms with van der Waals surface area (Å²) in [7, 11) is -4.04. The van der Waals surface area contributed by atoms with Gasteiger partial charge in [-0.25, -0.2) is 18.4 Å². The van der Waals surface area contributed by atoms with Crippen LogP contribution in [0, 0.1) is 0 Å². The van der Waals surface area contributed by atoms with Gasteiger partial charge in [0, 0.05) is 15.6 Å². The van der Waals surface area contributed by atoms with Crippen molar-refractivity contribution in [3.8, 4) is 0 Å². The van der Waals surface area contributed by atoms with Gasteiger partial charge >= 0.3 is 5.97 Å². The van der Waals surface area contributed by atoms with Crippen molar-refractivity contribution in [3.63, 3.8) is 0 Å². The van der Waals surface area contributed by atoms with Gasteiger partial charge in [-0.15, -0.1) is 0 Å². The quantitative estimate of drug-likeness (QED) is 0.802. The Kier molecular flexibility index (Phi) is 5.54. The van der Waals surface area contributed by atoms with Crippen molar-refractivity contribution in [1.29, 1.82) is 0 Å². The molecule has 0 radical (unpaired) electrons. The molecule has 2 N–H and O–H groups in total. The van der Waals surface area contributed by atoms with E-state index in [-0.39, 0.29) is 22.1 Å². The van der Waals surface area contributed by atoms with Gasteiger partial charge in [0.2, 0.25) is 10.0 Å². The molecule has 23 heavy (non-hydrogen) atoms. The van der Waals surface area contributed by atoms with Crippen LogP contribution in [0.25, 0.3) is 0 Å². The van der Waals surface area contributed by atoms with Crippen molar-refractivity contribution in [2.75, 3.05) is 0 Å². The first-order valence-corrected chi connectivity index (χ1v) is 8.80. The molecule has 2 rings (SSSR count). The van der Waals surface area contributed by atoms with Gasteiger partial charge in [0.25, 0.3) is 0 Å². The standard InChI is InChI=1S/C14H10Cl3NO4S/c15-10-3-1-9(12(17)6-10)7-22-14(19)8-2-4-11(16)13(5-8)23(18,20)21/h1-6H,7H2,(H2,18,20,21). The Morgan fingerprint density at radius 3 is 2.35 bits per heavy atom. The zero-order valence-corrected chi connectivity index (χ0v) is 14.5. The van der Waals surface area contributed by atoms with Gasteiger partial charge in [-0.2, -0.15) is 0 Å². The smallest absolute Gasteiger partial charge is 0.338 e. The first kappa shape index (κ1) is 18.0. The van der Waals surface area contributed by atoms with Crippen LogP contribution >= 0.6 is 34.8 Å². The first-order valence-electron chi connectivity index (χ1n) is 6.12. The minimum atomic E-state index is -4.04. The Morgan fingerprint density at radius 1 is 1.04 bits per heavy atom. The molecule has 0 unspecified atom stereocenters. The Labute approximate surface area is 148 Å². The van der Waals surface area contributed by atoms with Crippen molar-refractivity contribution >= 4 is 50.8 Å². The molecule has 0 saturated carbocycles.